The number of anilines is 1. The number of hydrogen-bond acceptors (Lipinski definition) is 6. The molecule has 2 aromatic rings. The molecule has 0 aromatic carbocycles. The molecule has 1 atom stereocenters. The third-order valence-electron chi connectivity index (χ3n) is 3.97. The highest BCUT2D eigenvalue weighted by Crippen LogP contribution is 2.30. The Morgan fingerprint density at radius 3 is 3.00 bits per heavy atom. The van der Waals surface area contributed by atoms with Crippen LogP contribution < -0.4 is 5.32 Å². The van der Waals surface area contributed by atoms with Crippen molar-refractivity contribution in [3.05, 3.63) is 23.2 Å². The van der Waals surface area contributed by atoms with Crippen molar-refractivity contribution in [2.45, 2.75) is 25.6 Å². The molecular weight excluding hydrogens is 357 g/mol. The number of carbonyl (C=O) groups is 1. The number of alkyl halides is 3. The number of hydrogen-bond donors (Lipinski definition) is 1. The lowest BCUT2D eigenvalue weighted by Crippen LogP contribution is -2.36. The number of amides is 1. The van der Waals surface area contributed by atoms with Crippen molar-refractivity contribution in [1.29, 1.82) is 0 Å². The second-order valence-electron chi connectivity index (χ2n) is 6.09. The summed E-state index contributed by atoms with van der Waals surface area (Å²) < 4.78 is 39.8. The Kier molecular flexibility index (Phi) is 5.04. The quantitative estimate of drug-likeness (QED) is 0.865. The molecule has 0 saturated carbocycles. The van der Waals surface area contributed by atoms with Crippen molar-refractivity contribution in [3.8, 4) is 0 Å². The molecule has 11 heteroatoms. The smallest absolute Gasteiger partial charge is 0.334 e. The summed E-state index contributed by atoms with van der Waals surface area (Å²) >= 11 is 1.24. The van der Waals surface area contributed by atoms with Crippen LogP contribution in [0.15, 0.2) is 11.7 Å². The molecule has 1 aliphatic heterocycles. The first-order valence-electron chi connectivity index (χ1n) is 7.69. The lowest BCUT2D eigenvalue weighted by Gasteiger charge is -2.27. The number of rotatable bonds is 5. The van der Waals surface area contributed by atoms with Crippen molar-refractivity contribution >= 4 is 22.4 Å². The van der Waals surface area contributed by atoms with Gasteiger partial charge in [0.2, 0.25) is 11.0 Å². The Labute approximate surface area is 145 Å². The minimum atomic E-state index is -4.42. The zero-order valence-electron chi connectivity index (χ0n) is 13.5. The Hall–Kier alpha value is -2.01. The van der Waals surface area contributed by atoms with Crippen molar-refractivity contribution in [3.63, 3.8) is 0 Å². The van der Waals surface area contributed by atoms with Gasteiger partial charge in [0, 0.05) is 25.7 Å². The number of nitrogens with one attached hydrogen (secondary N) is 1. The maximum Gasteiger partial charge on any atom is 0.434 e. The van der Waals surface area contributed by atoms with E-state index in [1.54, 1.807) is 4.57 Å². The molecule has 1 amide bonds. The number of fused-ring (bicyclic) bond motifs is 1. The molecule has 0 saturated heterocycles. The molecule has 25 heavy (non-hydrogen) atoms. The van der Waals surface area contributed by atoms with Crippen molar-refractivity contribution in [2.75, 3.05) is 25.5 Å². The first-order valence-corrected chi connectivity index (χ1v) is 8.57. The van der Waals surface area contributed by atoms with Crippen LogP contribution in [-0.2, 0) is 23.9 Å². The highest BCUT2D eigenvalue weighted by molar-refractivity contribution is 7.13. The lowest BCUT2D eigenvalue weighted by atomic mass is 9.99. The normalized spacial score (nSPS) is 17.6. The second-order valence-corrected chi connectivity index (χ2v) is 6.92. The van der Waals surface area contributed by atoms with E-state index in [-0.39, 0.29) is 18.4 Å². The fourth-order valence-electron chi connectivity index (χ4n) is 2.94. The lowest BCUT2D eigenvalue weighted by molar-refractivity contribution is -0.141. The SMILES string of the molecule is CN(CC(=O)Nc1nncs1)C[C@H]1CCc2nc(C(F)(F)F)cn2C1. The van der Waals surface area contributed by atoms with E-state index >= 15 is 0 Å². The van der Waals surface area contributed by atoms with E-state index < -0.39 is 11.9 Å². The molecule has 0 unspecified atom stereocenters. The molecular formula is C14H17F3N6OS. The number of aryl methyl sites for hydroxylation is 1. The summed E-state index contributed by atoms with van der Waals surface area (Å²) in [7, 11) is 1.81. The number of imidazole rings is 1. The van der Waals surface area contributed by atoms with Crippen molar-refractivity contribution in [2.24, 2.45) is 5.92 Å². The fourth-order valence-corrected chi connectivity index (χ4v) is 3.40. The van der Waals surface area contributed by atoms with Gasteiger partial charge in [0.1, 0.15) is 11.3 Å². The summed E-state index contributed by atoms with van der Waals surface area (Å²) in [6, 6.07) is 0. The van der Waals surface area contributed by atoms with Crippen LogP contribution in [0.3, 0.4) is 0 Å². The first-order chi connectivity index (χ1) is 11.8. The van der Waals surface area contributed by atoms with Gasteiger partial charge in [-0.25, -0.2) is 4.98 Å². The summed E-state index contributed by atoms with van der Waals surface area (Å²) in [5.41, 5.74) is 0.687. The van der Waals surface area contributed by atoms with E-state index in [9.17, 15) is 18.0 Å². The Morgan fingerprint density at radius 1 is 1.52 bits per heavy atom. The van der Waals surface area contributed by atoms with Crippen LogP contribution in [-0.4, -0.2) is 50.7 Å². The third-order valence-corrected chi connectivity index (χ3v) is 4.58. The van der Waals surface area contributed by atoms with Gasteiger partial charge >= 0.3 is 6.18 Å². The van der Waals surface area contributed by atoms with Crippen LogP contribution in [0.4, 0.5) is 18.3 Å². The Morgan fingerprint density at radius 2 is 2.32 bits per heavy atom. The molecule has 3 rings (SSSR count). The van der Waals surface area contributed by atoms with E-state index in [2.05, 4.69) is 20.5 Å². The second kappa shape index (κ2) is 7.08. The largest absolute Gasteiger partial charge is 0.434 e. The van der Waals surface area contributed by atoms with Crippen LogP contribution >= 0.6 is 11.3 Å². The minimum absolute atomic E-state index is 0.169. The van der Waals surface area contributed by atoms with Crippen molar-refractivity contribution < 1.29 is 18.0 Å². The summed E-state index contributed by atoms with van der Waals surface area (Å²) in [5, 5.41) is 10.5. The van der Waals surface area contributed by atoms with Crippen LogP contribution in [0.25, 0.3) is 0 Å². The van der Waals surface area contributed by atoms with Crippen LogP contribution in [0.2, 0.25) is 0 Å². The minimum Gasteiger partial charge on any atom is -0.334 e. The van der Waals surface area contributed by atoms with Crippen LogP contribution in [0.5, 0.6) is 0 Å². The molecule has 0 aliphatic carbocycles. The van der Waals surface area contributed by atoms with Gasteiger partial charge in [-0.05, 0) is 19.4 Å². The zero-order chi connectivity index (χ0) is 18.0. The molecule has 2 aromatic heterocycles. The van der Waals surface area contributed by atoms with Crippen molar-refractivity contribution in [1.82, 2.24) is 24.6 Å². The molecule has 0 radical (unpaired) electrons. The first kappa shape index (κ1) is 17.8. The summed E-state index contributed by atoms with van der Waals surface area (Å²) in [6.45, 7) is 1.27. The van der Waals surface area contributed by atoms with E-state index in [1.807, 2.05) is 11.9 Å². The van der Waals surface area contributed by atoms with Gasteiger partial charge in [-0.2, -0.15) is 13.2 Å². The number of aromatic nitrogens is 4. The number of halogens is 3. The molecule has 3 heterocycles. The topological polar surface area (TPSA) is 75.9 Å². The van der Waals surface area contributed by atoms with Gasteiger partial charge in [-0.1, -0.05) is 11.3 Å². The molecule has 1 N–H and O–H groups in total. The Bertz CT molecular complexity index is 730. The van der Waals surface area contributed by atoms with Gasteiger partial charge in [0.15, 0.2) is 5.69 Å². The summed E-state index contributed by atoms with van der Waals surface area (Å²) in [4.78, 5) is 17.4. The average molecular weight is 374 g/mol. The van der Waals surface area contributed by atoms with E-state index in [0.717, 1.165) is 12.6 Å². The molecule has 1 aliphatic rings. The maximum absolute atomic E-state index is 12.7. The van der Waals surface area contributed by atoms with Gasteiger partial charge in [0.05, 0.1) is 6.54 Å². The maximum atomic E-state index is 12.7. The number of carbonyl (C=O) groups excluding carboxylic acids is 1. The predicted molar refractivity (Wildman–Crippen MR) is 85.1 cm³/mol. The Balaban J connectivity index is 1.52. The fraction of sp³-hybridized carbons (Fsp3) is 0.571. The average Bonchev–Trinajstić information content (AvgIpc) is 3.14. The zero-order valence-corrected chi connectivity index (χ0v) is 14.3. The predicted octanol–water partition coefficient (Wildman–Crippen LogP) is 1.89. The molecule has 0 bridgehead atoms. The van der Waals surface area contributed by atoms with Gasteiger partial charge in [-0.15, -0.1) is 10.2 Å². The summed E-state index contributed by atoms with van der Waals surface area (Å²) in [6.07, 6.45) is -2.09. The van der Waals surface area contributed by atoms with Gasteiger partial charge in [0.25, 0.3) is 0 Å². The molecule has 0 spiro atoms. The van der Waals surface area contributed by atoms with Crippen LogP contribution in [0, 0.1) is 5.92 Å². The van der Waals surface area contributed by atoms with Gasteiger partial charge in [-0.3, -0.25) is 15.0 Å². The molecule has 7 nitrogen and oxygen atoms in total. The molecule has 136 valence electrons. The monoisotopic (exact) mass is 374 g/mol. The number of likely N-dealkylation sites (N-methyl/N-ethyl adjacent to an activating group) is 1. The van der Waals surface area contributed by atoms with E-state index in [1.165, 1.54) is 16.8 Å². The summed E-state index contributed by atoms with van der Waals surface area (Å²) in [5.74, 6) is 0.445. The van der Waals surface area contributed by atoms with E-state index in [4.69, 9.17) is 0 Å². The highest BCUT2D eigenvalue weighted by Gasteiger charge is 2.35. The number of nitrogens with zero attached hydrogens (tertiary/aromatic N) is 5. The van der Waals surface area contributed by atoms with Crippen LogP contribution in [0.1, 0.15) is 17.9 Å². The molecule has 0 fully saturated rings. The third kappa shape index (κ3) is 4.54. The van der Waals surface area contributed by atoms with E-state index in [0.29, 0.717) is 30.5 Å². The standard InChI is InChI=1S/C14H17F3N6OS/c1-22(7-12(24)20-13-21-18-8-25-13)4-9-2-3-11-19-10(14(15,16)17)6-23(11)5-9/h6,8-9H,2-5,7H2,1H3,(H,20,21,24)/t9-/m1/s1. The van der Waals surface area contributed by atoms with Gasteiger partial charge < -0.3 is 4.57 Å². The highest BCUT2D eigenvalue weighted by atomic mass is 32.1.